The van der Waals surface area contributed by atoms with Crippen LogP contribution < -0.4 is 5.73 Å². The topological polar surface area (TPSA) is 102 Å². The Bertz CT molecular complexity index is 461. The monoisotopic (exact) mass is 178 g/mol. The number of nitrogen functional groups attached to an aromatic ring is 1. The molecule has 0 unspecified atom stereocenters. The van der Waals surface area contributed by atoms with E-state index < -0.39 is 0 Å². The van der Waals surface area contributed by atoms with Crippen molar-refractivity contribution in [1.29, 1.82) is 0 Å². The number of hydrogen-bond donors (Lipinski definition) is 2. The normalized spacial score (nSPS) is 11.4. The average molecular weight is 178 g/mol. The Hall–Kier alpha value is -2.18. The van der Waals surface area contributed by atoms with E-state index in [2.05, 4.69) is 20.1 Å². The van der Waals surface area contributed by atoms with Crippen LogP contribution in [0.2, 0.25) is 0 Å². The number of fused-ring (bicyclic) bond motifs is 1. The predicted octanol–water partition coefficient (Wildman–Crippen LogP) is -0.326. The minimum Gasteiger partial charge on any atom is -0.410 e. The summed E-state index contributed by atoms with van der Waals surface area (Å²) < 4.78 is 1.44. The van der Waals surface area contributed by atoms with Crippen molar-refractivity contribution in [3.8, 4) is 0 Å². The second-order valence-electron chi connectivity index (χ2n) is 2.31. The molecule has 2 aromatic rings. The van der Waals surface area contributed by atoms with Gasteiger partial charge in [0.1, 0.15) is 19.0 Å². The summed E-state index contributed by atoms with van der Waals surface area (Å²) >= 11 is 0. The number of anilines is 1. The fraction of sp³-hybridized carbons (Fsp3) is 0. The third kappa shape index (κ3) is 1.06. The summed E-state index contributed by atoms with van der Waals surface area (Å²) in [6, 6.07) is 0. The van der Waals surface area contributed by atoms with E-state index in [4.69, 9.17) is 10.9 Å². The van der Waals surface area contributed by atoms with Crippen LogP contribution in [0.4, 0.5) is 5.82 Å². The van der Waals surface area contributed by atoms with E-state index in [1.54, 1.807) is 0 Å². The van der Waals surface area contributed by atoms with E-state index in [9.17, 15) is 0 Å². The molecule has 0 fully saturated rings. The zero-order chi connectivity index (χ0) is 9.26. The number of aromatic nitrogens is 4. The number of hydrogen-bond acceptors (Lipinski definition) is 6. The van der Waals surface area contributed by atoms with Gasteiger partial charge in [-0.1, -0.05) is 5.16 Å². The third-order valence-corrected chi connectivity index (χ3v) is 1.56. The zero-order valence-corrected chi connectivity index (χ0v) is 6.49. The highest BCUT2D eigenvalue weighted by atomic mass is 16.4. The van der Waals surface area contributed by atoms with Gasteiger partial charge in [0.05, 0.1) is 0 Å². The summed E-state index contributed by atoms with van der Waals surface area (Å²) in [7, 11) is 0. The van der Waals surface area contributed by atoms with Crippen LogP contribution in [0, 0.1) is 0 Å². The number of imidazole rings is 1. The van der Waals surface area contributed by atoms with Crippen LogP contribution in [0.1, 0.15) is 0 Å². The summed E-state index contributed by atoms with van der Waals surface area (Å²) in [5.41, 5.74) is 6.52. The van der Waals surface area contributed by atoms with Gasteiger partial charge in [-0.05, 0) is 0 Å². The van der Waals surface area contributed by atoms with Crippen molar-refractivity contribution < 1.29 is 5.21 Å². The molecule has 0 aliphatic rings. The average Bonchev–Trinajstić information content (AvgIpc) is 2.51. The maximum Gasteiger partial charge on any atom is 0.170 e. The summed E-state index contributed by atoms with van der Waals surface area (Å²) in [6.07, 6.45) is 3.93. The van der Waals surface area contributed by atoms with Gasteiger partial charge in [-0.3, -0.25) is 4.57 Å². The minimum absolute atomic E-state index is 0.301. The molecule has 0 saturated carbocycles. The molecule has 0 atom stereocenters. The second-order valence-corrected chi connectivity index (χ2v) is 2.31. The van der Waals surface area contributed by atoms with E-state index >= 15 is 0 Å². The lowest BCUT2D eigenvalue weighted by Gasteiger charge is -1.93. The fourth-order valence-electron chi connectivity index (χ4n) is 1.01. The Balaban J connectivity index is 2.75. The molecule has 0 aliphatic heterocycles. The van der Waals surface area contributed by atoms with Crippen LogP contribution in [0.5, 0.6) is 0 Å². The van der Waals surface area contributed by atoms with Crippen molar-refractivity contribution in [1.82, 2.24) is 19.5 Å². The quantitative estimate of drug-likeness (QED) is 0.269. The molecule has 7 nitrogen and oxygen atoms in total. The predicted molar refractivity (Wildman–Crippen MR) is 45.4 cm³/mol. The van der Waals surface area contributed by atoms with Gasteiger partial charge in [-0.15, -0.1) is 0 Å². The molecule has 2 aromatic heterocycles. The third-order valence-electron chi connectivity index (χ3n) is 1.56. The maximum atomic E-state index is 8.31. The molecule has 13 heavy (non-hydrogen) atoms. The molecular weight excluding hydrogens is 172 g/mol. The van der Waals surface area contributed by atoms with Crippen molar-refractivity contribution >= 4 is 23.3 Å². The Labute approximate surface area is 72.5 Å². The Morgan fingerprint density at radius 2 is 2.31 bits per heavy atom. The summed E-state index contributed by atoms with van der Waals surface area (Å²) in [5, 5.41) is 11.2. The van der Waals surface area contributed by atoms with Gasteiger partial charge in [0.25, 0.3) is 0 Å². The van der Waals surface area contributed by atoms with Gasteiger partial charge in [0.15, 0.2) is 17.0 Å². The van der Waals surface area contributed by atoms with Crippen LogP contribution in [-0.4, -0.2) is 31.1 Å². The standard InChI is InChI=1S/C6H6N6O/c7-5-4-6(9-1-8-5)12(2-10-4)3-11-13/h1-3,13H,(H2,7,8,9)/b11-3-. The highest BCUT2D eigenvalue weighted by Crippen LogP contribution is 2.12. The van der Waals surface area contributed by atoms with Gasteiger partial charge >= 0.3 is 0 Å². The van der Waals surface area contributed by atoms with Crippen LogP contribution in [-0.2, 0) is 0 Å². The van der Waals surface area contributed by atoms with Crippen LogP contribution in [0.15, 0.2) is 17.8 Å². The summed E-state index contributed by atoms with van der Waals surface area (Å²) in [5.74, 6) is 0.301. The molecule has 0 spiro atoms. The number of nitrogens with two attached hydrogens (primary N) is 1. The molecule has 7 heteroatoms. The lowest BCUT2D eigenvalue weighted by atomic mass is 10.5. The second kappa shape index (κ2) is 2.70. The molecule has 0 radical (unpaired) electrons. The van der Waals surface area contributed by atoms with Crippen molar-refractivity contribution in [2.24, 2.45) is 5.16 Å². The summed E-state index contributed by atoms with van der Waals surface area (Å²) in [6.45, 7) is 0. The molecular formula is C6H6N6O. The molecule has 2 rings (SSSR count). The molecule has 0 amide bonds. The minimum atomic E-state index is 0.301. The van der Waals surface area contributed by atoms with Crippen molar-refractivity contribution in [3.63, 3.8) is 0 Å². The number of oxime groups is 1. The van der Waals surface area contributed by atoms with Crippen LogP contribution in [0.3, 0.4) is 0 Å². The molecule has 0 bridgehead atoms. The summed E-state index contributed by atoms with van der Waals surface area (Å²) in [4.78, 5) is 11.6. The maximum absolute atomic E-state index is 8.31. The Kier molecular flexibility index (Phi) is 1.55. The largest absolute Gasteiger partial charge is 0.410 e. The highest BCUT2D eigenvalue weighted by Gasteiger charge is 2.05. The van der Waals surface area contributed by atoms with Crippen molar-refractivity contribution in [2.45, 2.75) is 0 Å². The van der Waals surface area contributed by atoms with Crippen molar-refractivity contribution in [3.05, 3.63) is 12.7 Å². The molecule has 3 N–H and O–H groups in total. The van der Waals surface area contributed by atoms with Gasteiger partial charge in [0, 0.05) is 0 Å². The smallest absolute Gasteiger partial charge is 0.170 e. The molecule has 0 aromatic carbocycles. The molecule has 0 saturated heterocycles. The SMILES string of the molecule is Nc1ncnc2c1ncn2/C=N\O. The van der Waals surface area contributed by atoms with E-state index in [-0.39, 0.29) is 0 Å². The highest BCUT2D eigenvalue weighted by molar-refractivity contribution is 5.85. The number of nitrogens with zero attached hydrogens (tertiary/aromatic N) is 5. The van der Waals surface area contributed by atoms with Gasteiger partial charge in [-0.2, -0.15) is 0 Å². The van der Waals surface area contributed by atoms with E-state index in [0.29, 0.717) is 17.0 Å². The van der Waals surface area contributed by atoms with Crippen LogP contribution >= 0.6 is 0 Å². The molecule has 0 aliphatic carbocycles. The first-order chi connectivity index (χ1) is 6.33. The first-order valence-corrected chi connectivity index (χ1v) is 3.43. The molecule has 66 valence electrons. The van der Waals surface area contributed by atoms with E-state index in [1.165, 1.54) is 23.6 Å². The first-order valence-electron chi connectivity index (χ1n) is 3.43. The Morgan fingerprint density at radius 3 is 3.08 bits per heavy atom. The first kappa shape index (κ1) is 7.47. The molecule has 2 heterocycles. The van der Waals surface area contributed by atoms with E-state index in [1.807, 2.05) is 0 Å². The van der Waals surface area contributed by atoms with Crippen molar-refractivity contribution in [2.75, 3.05) is 5.73 Å². The fourth-order valence-corrected chi connectivity index (χ4v) is 1.01. The lowest BCUT2D eigenvalue weighted by Crippen LogP contribution is -1.97. The number of rotatable bonds is 1. The van der Waals surface area contributed by atoms with Gasteiger partial charge in [0.2, 0.25) is 0 Å². The lowest BCUT2D eigenvalue weighted by molar-refractivity contribution is 0.320. The van der Waals surface area contributed by atoms with Gasteiger partial charge in [-0.25, -0.2) is 15.0 Å². The zero-order valence-electron chi connectivity index (χ0n) is 6.49. The van der Waals surface area contributed by atoms with Gasteiger partial charge < -0.3 is 10.9 Å². The van der Waals surface area contributed by atoms with Crippen LogP contribution in [0.25, 0.3) is 11.2 Å². The Morgan fingerprint density at radius 1 is 1.46 bits per heavy atom. The van der Waals surface area contributed by atoms with E-state index in [0.717, 1.165) is 0 Å².